The van der Waals surface area contributed by atoms with E-state index in [4.69, 9.17) is 23.7 Å². The van der Waals surface area contributed by atoms with E-state index in [0.717, 1.165) is 53.2 Å². The molecule has 188 valence electrons. The molecule has 0 fully saturated rings. The highest BCUT2D eigenvalue weighted by molar-refractivity contribution is 9.10. The Morgan fingerprint density at radius 2 is 1.41 bits per heavy atom. The monoisotopic (exact) mass is 598 g/mol. The van der Waals surface area contributed by atoms with Crippen molar-refractivity contribution in [3.05, 3.63) is 50.4 Å². The van der Waals surface area contributed by atoms with Gasteiger partial charge in [0.25, 0.3) is 0 Å². The zero-order chi connectivity index (χ0) is 24.4. The van der Waals surface area contributed by atoms with Crippen molar-refractivity contribution in [2.24, 2.45) is 0 Å². The molecule has 0 saturated heterocycles. The molecule has 0 aromatic heterocycles. The van der Waals surface area contributed by atoms with Crippen LogP contribution in [0.3, 0.4) is 0 Å². The Kier molecular flexibility index (Phi) is 11.3. The van der Waals surface area contributed by atoms with Gasteiger partial charge in [-0.15, -0.1) is 0 Å². The first-order chi connectivity index (χ1) is 16.6. The molecule has 3 rings (SSSR count). The lowest BCUT2D eigenvalue weighted by Gasteiger charge is -2.33. The first kappa shape index (κ1) is 27.6. The second-order valence-electron chi connectivity index (χ2n) is 8.64. The predicted octanol–water partition coefficient (Wildman–Crippen LogP) is 7.46. The van der Waals surface area contributed by atoms with Crippen molar-refractivity contribution >= 4 is 31.9 Å². The van der Waals surface area contributed by atoms with E-state index < -0.39 is 0 Å². The molecule has 1 aliphatic rings. The standard InChI is InChI=1S/C27H36Br2O5/c1-4-5-14-34-25-17-21(29)16-24-26(25)22-9-8-20(28)15-23(22)27(24,10-6-12-32-18-30-2)11-7-13-33-19-31-3/h8-9,15-17H,4-7,10-14,18-19H2,1-3H3. The van der Waals surface area contributed by atoms with Crippen molar-refractivity contribution in [3.63, 3.8) is 0 Å². The number of unbranched alkanes of at least 4 members (excludes halogenated alkanes) is 1. The van der Waals surface area contributed by atoms with Gasteiger partial charge in [-0.25, -0.2) is 0 Å². The minimum absolute atomic E-state index is 0.159. The Morgan fingerprint density at radius 3 is 2.03 bits per heavy atom. The summed E-state index contributed by atoms with van der Waals surface area (Å²) >= 11 is 7.50. The summed E-state index contributed by atoms with van der Waals surface area (Å²) < 4.78 is 29.9. The fourth-order valence-corrected chi connectivity index (χ4v) is 5.65. The summed E-state index contributed by atoms with van der Waals surface area (Å²) in [5, 5.41) is 0. The van der Waals surface area contributed by atoms with E-state index >= 15 is 0 Å². The second kappa shape index (κ2) is 14.0. The van der Waals surface area contributed by atoms with Crippen LogP contribution in [-0.4, -0.2) is 47.6 Å². The average molecular weight is 600 g/mol. The van der Waals surface area contributed by atoms with Crippen molar-refractivity contribution in [1.82, 2.24) is 0 Å². The SMILES string of the molecule is CCCCOc1cc(Br)cc2c1-c1ccc(Br)cc1C2(CCCOCOC)CCCOCOC. The lowest BCUT2D eigenvalue weighted by Crippen LogP contribution is -2.27. The number of methoxy groups -OCH3 is 2. The van der Waals surface area contributed by atoms with Crippen LogP contribution in [-0.2, 0) is 24.4 Å². The van der Waals surface area contributed by atoms with Crippen LogP contribution in [0.15, 0.2) is 39.3 Å². The molecule has 0 unspecified atom stereocenters. The topological polar surface area (TPSA) is 46.2 Å². The molecule has 0 radical (unpaired) electrons. The van der Waals surface area contributed by atoms with E-state index in [9.17, 15) is 0 Å². The number of fused-ring (bicyclic) bond motifs is 3. The second-order valence-corrected chi connectivity index (χ2v) is 10.5. The van der Waals surface area contributed by atoms with E-state index in [0.29, 0.717) is 33.4 Å². The lowest BCUT2D eigenvalue weighted by molar-refractivity contribution is -0.0346. The van der Waals surface area contributed by atoms with Crippen LogP contribution in [0.25, 0.3) is 11.1 Å². The van der Waals surface area contributed by atoms with Gasteiger partial charge in [0, 0.05) is 47.4 Å². The van der Waals surface area contributed by atoms with Gasteiger partial charge in [-0.2, -0.15) is 0 Å². The number of ether oxygens (including phenoxy) is 5. The molecular formula is C27H36Br2O5. The third-order valence-corrected chi connectivity index (χ3v) is 7.24. The lowest BCUT2D eigenvalue weighted by atomic mass is 9.71. The maximum Gasteiger partial charge on any atom is 0.146 e. The molecule has 0 aliphatic heterocycles. The number of rotatable bonds is 16. The summed E-state index contributed by atoms with van der Waals surface area (Å²) in [5.74, 6) is 0.953. The first-order valence-electron chi connectivity index (χ1n) is 12.0. The molecule has 0 bridgehead atoms. The Bertz CT molecular complexity index is 904. The summed E-state index contributed by atoms with van der Waals surface area (Å²) in [7, 11) is 3.31. The van der Waals surface area contributed by atoms with Gasteiger partial charge in [-0.05, 0) is 73.1 Å². The summed E-state index contributed by atoms with van der Waals surface area (Å²) in [6.07, 6.45) is 5.91. The summed E-state index contributed by atoms with van der Waals surface area (Å²) in [6.45, 7) is 4.84. The van der Waals surface area contributed by atoms with E-state index in [1.54, 1.807) is 14.2 Å². The molecule has 2 aromatic rings. The molecule has 0 heterocycles. The van der Waals surface area contributed by atoms with Crippen LogP contribution >= 0.6 is 31.9 Å². The van der Waals surface area contributed by atoms with Gasteiger partial charge < -0.3 is 23.7 Å². The van der Waals surface area contributed by atoms with Gasteiger partial charge in [0.05, 0.1) is 6.61 Å². The normalized spacial score (nSPS) is 13.7. The summed E-state index contributed by atoms with van der Waals surface area (Å²) in [4.78, 5) is 0. The van der Waals surface area contributed by atoms with Crippen LogP contribution in [0.1, 0.15) is 56.6 Å². The number of hydrogen-bond donors (Lipinski definition) is 0. The predicted molar refractivity (Wildman–Crippen MR) is 143 cm³/mol. The quantitative estimate of drug-likeness (QED) is 0.148. The van der Waals surface area contributed by atoms with Gasteiger partial charge in [-0.3, -0.25) is 0 Å². The maximum absolute atomic E-state index is 6.34. The summed E-state index contributed by atoms with van der Waals surface area (Å²) in [6, 6.07) is 11.0. The molecule has 34 heavy (non-hydrogen) atoms. The molecule has 0 N–H and O–H groups in total. The Morgan fingerprint density at radius 1 is 0.765 bits per heavy atom. The molecular weight excluding hydrogens is 564 g/mol. The zero-order valence-corrected chi connectivity index (χ0v) is 23.6. The Hall–Kier alpha value is -0.960. The van der Waals surface area contributed by atoms with Crippen molar-refractivity contribution in [2.45, 2.75) is 50.9 Å². The Balaban J connectivity index is 2.03. The third kappa shape index (κ3) is 6.62. The van der Waals surface area contributed by atoms with Gasteiger partial charge in [0.1, 0.15) is 19.3 Å². The van der Waals surface area contributed by atoms with E-state index in [-0.39, 0.29) is 5.41 Å². The third-order valence-electron chi connectivity index (χ3n) is 6.29. The van der Waals surface area contributed by atoms with Gasteiger partial charge in [-0.1, -0.05) is 51.3 Å². The van der Waals surface area contributed by atoms with Gasteiger partial charge in [0.15, 0.2) is 0 Å². The van der Waals surface area contributed by atoms with Crippen molar-refractivity contribution in [3.8, 4) is 16.9 Å². The van der Waals surface area contributed by atoms with Crippen molar-refractivity contribution in [2.75, 3.05) is 47.6 Å². The minimum atomic E-state index is -0.159. The van der Waals surface area contributed by atoms with E-state index in [1.165, 1.54) is 22.3 Å². The minimum Gasteiger partial charge on any atom is -0.493 e. The van der Waals surface area contributed by atoms with Gasteiger partial charge in [0.2, 0.25) is 0 Å². The zero-order valence-electron chi connectivity index (χ0n) is 20.5. The number of benzene rings is 2. The molecule has 0 amide bonds. The highest BCUT2D eigenvalue weighted by Crippen LogP contribution is 2.57. The molecule has 0 spiro atoms. The molecule has 5 nitrogen and oxygen atoms in total. The van der Waals surface area contributed by atoms with Crippen LogP contribution in [0.4, 0.5) is 0 Å². The molecule has 7 heteroatoms. The smallest absolute Gasteiger partial charge is 0.146 e. The highest BCUT2D eigenvalue weighted by atomic mass is 79.9. The molecule has 2 aromatic carbocycles. The molecule has 0 atom stereocenters. The average Bonchev–Trinajstić information content (AvgIpc) is 3.08. The largest absolute Gasteiger partial charge is 0.493 e. The fourth-order valence-electron chi connectivity index (χ4n) is 4.85. The Labute approximate surface area is 220 Å². The fraction of sp³-hybridized carbons (Fsp3) is 0.556. The summed E-state index contributed by atoms with van der Waals surface area (Å²) in [5.41, 5.74) is 4.98. The van der Waals surface area contributed by atoms with Crippen LogP contribution < -0.4 is 4.74 Å². The van der Waals surface area contributed by atoms with E-state index in [2.05, 4.69) is 69.1 Å². The maximum atomic E-state index is 6.34. The van der Waals surface area contributed by atoms with Crippen molar-refractivity contribution < 1.29 is 23.7 Å². The molecule has 0 saturated carbocycles. The van der Waals surface area contributed by atoms with Crippen LogP contribution in [0.5, 0.6) is 5.75 Å². The van der Waals surface area contributed by atoms with E-state index in [1.807, 2.05) is 0 Å². The highest BCUT2D eigenvalue weighted by Gasteiger charge is 2.44. The number of halogens is 2. The first-order valence-corrected chi connectivity index (χ1v) is 13.6. The van der Waals surface area contributed by atoms with Crippen LogP contribution in [0.2, 0.25) is 0 Å². The molecule has 1 aliphatic carbocycles. The van der Waals surface area contributed by atoms with Gasteiger partial charge >= 0.3 is 0 Å². The van der Waals surface area contributed by atoms with Crippen LogP contribution in [0, 0.1) is 0 Å². The number of hydrogen-bond acceptors (Lipinski definition) is 5. The van der Waals surface area contributed by atoms with Crippen molar-refractivity contribution in [1.29, 1.82) is 0 Å².